The molecule has 0 aromatic heterocycles. The fraction of sp³-hybridized carbons (Fsp3) is 0.515. The zero-order valence-corrected chi connectivity index (χ0v) is 26.7. The fourth-order valence-electron chi connectivity index (χ4n) is 4.29. The van der Waals surface area contributed by atoms with Crippen molar-refractivity contribution >= 4 is 23.9 Å². The van der Waals surface area contributed by atoms with Crippen LogP contribution >= 0.6 is 0 Å². The minimum Gasteiger partial charge on any atom is -0.458 e. The summed E-state index contributed by atoms with van der Waals surface area (Å²) < 4.78 is 10.9. The Morgan fingerprint density at radius 2 is 1.33 bits per heavy atom. The lowest BCUT2D eigenvalue weighted by molar-refractivity contribution is -0.159. The molecule has 0 radical (unpaired) electrons. The number of hydrogen-bond donors (Lipinski definition) is 2. The molecule has 2 atom stereocenters. The van der Waals surface area contributed by atoms with Crippen LogP contribution in [0.1, 0.15) is 85.0 Å². The minimum atomic E-state index is -1.11. The van der Waals surface area contributed by atoms with Crippen LogP contribution in [0.25, 0.3) is 0 Å². The maximum absolute atomic E-state index is 14.2. The molecule has 2 rings (SSSR count). The van der Waals surface area contributed by atoms with E-state index >= 15 is 0 Å². The van der Waals surface area contributed by atoms with Gasteiger partial charge in [0.2, 0.25) is 11.8 Å². The molecule has 0 saturated heterocycles. The molecule has 0 aliphatic rings. The van der Waals surface area contributed by atoms with Crippen molar-refractivity contribution in [3.63, 3.8) is 0 Å². The van der Waals surface area contributed by atoms with Crippen LogP contribution in [0.5, 0.6) is 0 Å². The number of hydrogen-bond acceptors (Lipinski definition) is 6. The van der Waals surface area contributed by atoms with Crippen molar-refractivity contribution in [3.05, 3.63) is 71.3 Å². The third kappa shape index (κ3) is 11.2. The number of esters is 1. The SMILES string of the molecule is Cc1ccc(C(C(=O)NC(Cc2ccccc2)C(=O)OC(C)(C)C)N(C(=O)CNC(=O)OC(C)(C)C)C(C)(C)C)cc1. The Morgan fingerprint density at radius 1 is 0.786 bits per heavy atom. The quantitative estimate of drug-likeness (QED) is 0.391. The zero-order valence-electron chi connectivity index (χ0n) is 26.7. The Kier molecular flexibility index (Phi) is 11.3. The highest BCUT2D eigenvalue weighted by Gasteiger charge is 2.40. The van der Waals surface area contributed by atoms with Crippen molar-refractivity contribution in [2.75, 3.05) is 6.54 Å². The van der Waals surface area contributed by atoms with Gasteiger partial charge in [0.15, 0.2) is 0 Å². The fourth-order valence-corrected chi connectivity index (χ4v) is 4.29. The van der Waals surface area contributed by atoms with Crippen LogP contribution < -0.4 is 10.6 Å². The first kappa shape index (κ1) is 34.3. The molecule has 0 heterocycles. The molecule has 3 amide bonds. The highest BCUT2D eigenvalue weighted by Crippen LogP contribution is 2.30. The van der Waals surface area contributed by atoms with Gasteiger partial charge in [0.25, 0.3) is 0 Å². The van der Waals surface area contributed by atoms with Gasteiger partial charge in [-0.3, -0.25) is 9.59 Å². The number of rotatable bonds is 9. The number of carbonyl (C=O) groups is 4. The summed E-state index contributed by atoms with van der Waals surface area (Å²) in [6, 6.07) is 14.5. The monoisotopic (exact) mass is 581 g/mol. The van der Waals surface area contributed by atoms with E-state index in [-0.39, 0.29) is 13.0 Å². The lowest BCUT2D eigenvalue weighted by Crippen LogP contribution is -2.57. The molecule has 0 fully saturated rings. The molecule has 2 aromatic carbocycles. The van der Waals surface area contributed by atoms with Gasteiger partial charge >= 0.3 is 12.1 Å². The van der Waals surface area contributed by atoms with Crippen molar-refractivity contribution < 1.29 is 28.7 Å². The number of nitrogens with one attached hydrogen (secondary N) is 2. The van der Waals surface area contributed by atoms with Crippen LogP contribution in [0.3, 0.4) is 0 Å². The summed E-state index contributed by atoms with van der Waals surface area (Å²) in [4.78, 5) is 55.0. The van der Waals surface area contributed by atoms with Crippen molar-refractivity contribution in [1.82, 2.24) is 15.5 Å². The Morgan fingerprint density at radius 3 is 1.83 bits per heavy atom. The molecule has 2 aromatic rings. The summed E-state index contributed by atoms with van der Waals surface area (Å²) in [6.07, 6.45) is -0.542. The van der Waals surface area contributed by atoms with Crippen molar-refractivity contribution in [2.45, 2.75) is 104 Å². The molecule has 230 valence electrons. The summed E-state index contributed by atoms with van der Waals surface area (Å²) in [6.45, 7) is 17.4. The van der Waals surface area contributed by atoms with E-state index in [9.17, 15) is 19.2 Å². The lowest BCUT2D eigenvalue weighted by Gasteiger charge is -2.41. The highest BCUT2D eigenvalue weighted by molar-refractivity contribution is 5.93. The second-order valence-electron chi connectivity index (χ2n) is 13.4. The van der Waals surface area contributed by atoms with Gasteiger partial charge in [-0.1, -0.05) is 60.2 Å². The van der Waals surface area contributed by atoms with E-state index in [2.05, 4.69) is 10.6 Å². The average molecular weight is 582 g/mol. The van der Waals surface area contributed by atoms with Gasteiger partial charge in [0.05, 0.1) is 0 Å². The summed E-state index contributed by atoms with van der Waals surface area (Å²) in [7, 11) is 0. The average Bonchev–Trinajstić information content (AvgIpc) is 2.84. The largest absolute Gasteiger partial charge is 0.458 e. The van der Waals surface area contributed by atoms with Crippen molar-refractivity contribution in [3.8, 4) is 0 Å². The van der Waals surface area contributed by atoms with Gasteiger partial charge in [0.1, 0.15) is 29.8 Å². The predicted octanol–water partition coefficient (Wildman–Crippen LogP) is 5.26. The first-order valence-corrected chi connectivity index (χ1v) is 14.2. The number of nitrogens with zero attached hydrogens (tertiary/aromatic N) is 1. The number of ether oxygens (including phenoxy) is 2. The summed E-state index contributed by atoms with van der Waals surface area (Å²) in [5.41, 5.74) is 0.0197. The van der Waals surface area contributed by atoms with Crippen molar-refractivity contribution in [1.29, 1.82) is 0 Å². The number of carbonyl (C=O) groups excluding carboxylic acids is 4. The molecule has 0 bridgehead atoms. The van der Waals surface area contributed by atoms with Gasteiger partial charge in [-0.05, 0) is 80.4 Å². The van der Waals surface area contributed by atoms with Gasteiger partial charge < -0.3 is 25.0 Å². The van der Waals surface area contributed by atoms with Gasteiger partial charge in [-0.15, -0.1) is 0 Å². The van der Waals surface area contributed by atoms with Crippen LogP contribution in [0.4, 0.5) is 4.79 Å². The Labute approximate surface area is 250 Å². The van der Waals surface area contributed by atoms with Crippen LogP contribution in [-0.4, -0.2) is 58.1 Å². The number of amides is 3. The number of aryl methyl sites for hydroxylation is 1. The molecule has 2 unspecified atom stereocenters. The van der Waals surface area contributed by atoms with Crippen LogP contribution in [-0.2, 0) is 30.3 Å². The molecule has 9 nitrogen and oxygen atoms in total. The maximum Gasteiger partial charge on any atom is 0.408 e. The first-order chi connectivity index (χ1) is 19.3. The summed E-state index contributed by atoms with van der Waals surface area (Å²) >= 11 is 0. The predicted molar refractivity (Wildman–Crippen MR) is 163 cm³/mol. The third-order valence-corrected chi connectivity index (χ3v) is 5.96. The molecular weight excluding hydrogens is 534 g/mol. The molecule has 0 aliphatic heterocycles. The van der Waals surface area contributed by atoms with Gasteiger partial charge in [-0.2, -0.15) is 0 Å². The summed E-state index contributed by atoms with van der Waals surface area (Å²) in [5, 5.41) is 5.39. The van der Waals surface area contributed by atoms with Crippen LogP contribution in [0.15, 0.2) is 54.6 Å². The van der Waals surface area contributed by atoms with E-state index < -0.39 is 52.7 Å². The third-order valence-electron chi connectivity index (χ3n) is 5.96. The van der Waals surface area contributed by atoms with Gasteiger partial charge in [-0.25, -0.2) is 9.59 Å². The van der Waals surface area contributed by atoms with E-state index in [0.717, 1.165) is 11.1 Å². The van der Waals surface area contributed by atoms with E-state index in [1.54, 1.807) is 53.7 Å². The number of alkyl carbamates (subject to hydrolysis) is 1. The molecule has 2 N–H and O–H groups in total. The van der Waals surface area contributed by atoms with E-state index in [0.29, 0.717) is 5.56 Å². The molecule has 0 aliphatic carbocycles. The molecule has 42 heavy (non-hydrogen) atoms. The van der Waals surface area contributed by atoms with E-state index in [1.807, 2.05) is 70.2 Å². The van der Waals surface area contributed by atoms with E-state index in [4.69, 9.17) is 9.47 Å². The standard InChI is InChI=1S/C33H47N3O6/c1-22-16-18-24(19-17-22)27(36(31(2,3)4)26(37)21-34-30(40)42-33(8,9)10)28(38)35-25(29(39)41-32(5,6)7)20-23-14-12-11-13-15-23/h11-19,25,27H,20-21H2,1-10H3,(H,34,40)(H,35,38). The van der Waals surface area contributed by atoms with Gasteiger partial charge in [0, 0.05) is 12.0 Å². The zero-order chi connectivity index (χ0) is 31.9. The topological polar surface area (TPSA) is 114 Å². The molecule has 0 saturated carbocycles. The Balaban J connectivity index is 2.49. The second kappa shape index (κ2) is 13.9. The lowest BCUT2D eigenvalue weighted by atomic mass is 9.95. The molecule has 0 spiro atoms. The van der Waals surface area contributed by atoms with Crippen LogP contribution in [0.2, 0.25) is 0 Å². The maximum atomic E-state index is 14.2. The van der Waals surface area contributed by atoms with E-state index in [1.165, 1.54) is 4.90 Å². The summed E-state index contributed by atoms with van der Waals surface area (Å²) in [5.74, 6) is -1.63. The second-order valence-corrected chi connectivity index (χ2v) is 13.4. The molecular formula is C33H47N3O6. The smallest absolute Gasteiger partial charge is 0.408 e. The van der Waals surface area contributed by atoms with Crippen molar-refractivity contribution in [2.24, 2.45) is 0 Å². The Bertz CT molecular complexity index is 1220. The molecule has 9 heteroatoms. The highest BCUT2D eigenvalue weighted by atomic mass is 16.6. The number of benzene rings is 2. The minimum absolute atomic E-state index is 0.200. The normalized spacial score (nSPS) is 13.4. The van der Waals surface area contributed by atoms with Crippen LogP contribution in [0, 0.1) is 6.92 Å². The first-order valence-electron chi connectivity index (χ1n) is 14.2. The Hall–Kier alpha value is -3.88.